The lowest BCUT2D eigenvalue weighted by Gasteiger charge is -2.30. The lowest BCUT2D eigenvalue weighted by atomic mass is 9.97. The van der Waals surface area contributed by atoms with E-state index in [1.54, 1.807) is 25.5 Å². The highest BCUT2D eigenvalue weighted by Crippen LogP contribution is 2.60. The number of likely N-dealkylation sites (tertiary alicyclic amines) is 2. The number of nitrogens with one attached hydrogen (secondary N) is 1. The largest absolute Gasteiger partial charge is 0.337 e. The number of hydrogen-bond acceptors (Lipinski definition) is 7. The van der Waals surface area contributed by atoms with Gasteiger partial charge in [-0.15, -0.1) is 0 Å². The fourth-order valence-electron chi connectivity index (χ4n) is 7.49. The van der Waals surface area contributed by atoms with Crippen molar-refractivity contribution in [3.8, 4) is 11.1 Å². The Morgan fingerprint density at radius 1 is 1.00 bits per heavy atom. The highest BCUT2D eigenvalue weighted by molar-refractivity contribution is 9.10. The summed E-state index contributed by atoms with van der Waals surface area (Å²) < 4.78 is 2.49. The summed E-state index contributed by atoms with van der Waals surface area (Å²) in [6.45, 7) is 8.37. The number of rotatable bonds is 8. The van der Waals surface area contributed by atoms with Crippen LogP contribution in [0.3, 0.4) is 0 Å². The molecule has 1 saturated carbocycles. The molecule has 3 aliphatic rings. The summed E-state index contributed by atoms with van der Waals surface area (Å²) in [5, 5.41) is 3.80. The number of nitrogens with zero attached hydrogens (tertiary/aromatic N) is 6. The van der Waals surface area contributed by atoms with Crippen molar-refractivity contribution in [3.63, 3.8) is 0 Å². The van der Waals surface area contributed by atoms with Crippen LogP contribution in [0.25, 0.3) is 22.0 Å². The maximum Gasteiger partial charge on any atom is 0.248 e. The van der Waals surface area contributed by atoms with Gasteiger partial charge in [0.05, 0.1) is 0 Å². The van der Waals surface area contributed by atoms with Crippen molar-refractivity contribution < 1.29 is 14.4 Å². The SMILES string of the molecule is CC(=O)c1cn(CC(=O)N2C3CC3(CN3CCCCC3)C[C@H]2C(=O)Nc2nc(Br)ccc2C)c2ccc(-c3cnc(C)nc3)cc12. The molecule has 238 valence electrons. The van der Waals surface area contributed by atoms with Crippen molar-refractivity contribution in [2.45, 2.75) is 71.5 Å². The van der Waals surface area contributed by atoms with Gasteiger partial charge < -0.3 is 19.7 Å². The fourth-order valence-corrected chi connectivity index (χ4v) is 7.80. The van der Waals surface area contributed by atoms with Crippen LogP contribution < -0.4 is 5.32 Å². The Bertz CT molecular complexity index is 1850. The van der Waals surface area contributed by atoms with E-state index in [9.17, 15) is 14.4 Å². The van der Waals surface area contributed by atoms with Crippen molar-refractivity contribution >= 4 is 50.2 Å². The van der Waals surface area contributed by atoms with Crippen LogP contribution in [0.4, 0.5) is 5.82 Å². The first-order valence-corrected chi connectivity index (χ1v) is 16.8. The van der Waals surface area contributed by atoms with E-state index < -0.39 is 6.04 Å². The Labute approximate surface area is 276 Å². The fraction of sp³-hybridized carbons (Fsp3) is 0.429. The van der Waals surface area contributed by atoms with Gasteiger partial charge in [-0.1, -0.05) is 18.6 Å². The molecule has 1 N–H and O–H groups in total. The number of pyridine rings is 1. The topological polar surface area (TPSA) is 113 Å². The normalized spacial score (nSPS) is 22.6. The molecule has 2 saturated heterocycles. The van der Waals surface area contributed by atoms with Gasteiger partial charge in [0.1, 0.15) is 28.8 Å². The minimum absolute atomic E-state index is 0.0106. The van der Waals surface area contributed by atoms with Crippen molar-refractivity contribution in [2.75, 3.05) is 25.0 Å². The molecular formula is C35H38BrN7O3. The minimum Gasteiger partial charge on any atom is -0.337 e. The number of halogens is 1. The number of piperidine rings is 2. The molecule has 3 fully saturated rings. The number of amides is 2. The molecule has 0 spiro atoms. The van der Waals surface area contributed by atoms with Gasteiger partial charge in [0.2, 0.25) is 11.8 Å². The van der Waals surface area contributed by atoms with Crippen molar-refractivity contribution in [3.05, 3.63) is 70.5 Å². The number of ketones is 1. The molecule has 0 radical (unpaired) electrons. The average Bonchev–Trinajstić information content (AvgIpc) is 3.44. The number of anilines is 1. The number of hydrogen-bond donors (Lipinski definition) is 1. The van der Waals surface area contributed by atoms with Crippen LogP contribution >= 0.6 is 15.9 Å². The number of aryl methyl sites for hydroxylation is 2. The van der Waals surface area contributed by atoms with Crippen molar-refractivity contribution in [1.29, 1.82) is 0 Å². The zero-order valence-electron chi connectivity index (χ0n) is 26.4. The van der Waals surface area contributed by atoms with Gasteiger partial charge in [-0.2, -0.15) is 0 Å². The molecule has 11 heteroatoms. The molecule has 3 atom stereocenters. The molecule has 1 aliphatic carbocycles. The minimum atomic E-state index is -0.599. The van der Waals surface area contributed by atoms with Gasteiger partial charge in [-0.05, 0) is 105 Å². The molecule has 2 unspecified atom stereocenters. The summed E-state index contributed by atoms with van der Waals surface area (Å²) in [5.74, 6) is 0.775. The van der Waals surface area contributed by atoms with Crippen LogP contribution in [-0.2, 0) is 16.1 Å². The van der Waals surface area contributed by atoms with E-state index in [1.807, 2.05) is 53.6 Å². The summed E-state index contributed by atoms with van der Waals surface area (Å²) in [7, 11) is 0. The number of fused-ring (bicyclic) bond motifs is 2. The second-order valence-corrected chi connectivity index (χ2v) is 14.0. The second kappa shape index (κ2) is 12.0. The number of carbonyl (C=O) groups is 3. The van der Waals surface area contributed by atoms with Crippen LogP contribution in [0, 0.1) is 19.3 Å². The van der Waals surface area contributed by atoms with Crippen molar-refractivity contribution in [1.82, 2.24) is 29.3 Å². The number of carbonyl (C=O) groups excluding carboxylic acids is 3. The molecule has 2 aliphatic heterocycles. The summed E-state index contributed by atoms with van der Waals surface area (Å²) >= 11 is 3.41. The summed E-state index contributed by atoms with van der Waals surface area (Å²) in [5.41, 5.74) is 3.87. The summed E-state index contributed by atoms with van der Waals surface area (Å²) in [6.07, 6.45) is 10.5. The monoisotopic (exact) mass is 683 g/mol. The molecule has 5 heterocycles. The maximum absolute atomic E-state index is 14.3. The van der Waals surface area contributed by atoms with E-state index in [2.05, 4.69) is 41.1 Å². The smallest absolute Gasteiger partial charge is 0.248 e. The van der Waals surface area contributed by atoms with E-state index in [1.165, 1.54) is 19.3 Å². The molecule has 2 amide bonds. The van der Waals surface area contributed by atoms with E-state index in [4.69, 9.17) is 0 Å². The highest BCUT2D eigenvalue weighted by atomic mass is 79.9. The predicted octanol–water partition coefficient (Wildman–Crippen LogP) is 5.56. The zero-order chi connectivity index (χ0) is 32.2. The van der Waals surface area contributed by atoms with E-state index in [0.717, 1.165) is 53.6 Å². The van der Waals surface area contributed by atoms with E-state index in [0.29, 0.717) is 28.2 Å². The van der Waals surface area contributed by atoms with E-state index >= 15 is 0 Å². The van der Waals surface area contributed by atoms with Gasteiger partial charge in [0, 0.05) is 58.6 Å². The Morgan fingerprint density at radius 3 is 2.50 bits per heavy atom. The molecule has 1 aromatic carbocycles. The summed E-state index contributed by atoms with van der Waals surface area (Å²) in [4.78, 5) is 58.4. The Balaban J connectivity index is 1.18. The first-order chi connectivity index (χ1) is 22.1. The molecule has 4 aromatic rings. The average molecular weight is 685 g/mol. The van der Waals surface area contributed by atoms with E-state index in [-0.39, 0.29) is 35.6 Å². The predicted molar refractivity (Wildman–Crippen MR) is 179 cm³/mol. The van der Waals surface area contributed by atoms with Gasteiger partial charge in [-0.25, -0.2) is 15.0 Å². The first-order valence-electron chi connectivity index (χ1n) is 16.0. The third kappa shape index (κ3) is 5.75. The zero-order valence-corrected chi connectivity index (χ0v) is 28.0. The number of benzene rings is 1. The third-order valence-corrected chi connectivity index (χ3v) is 10.4. The van der Waals surface area contributed by atoms with Crippen LogP contribution in [0.1, 0.15) is 60.8 Å². The van der Waals surface area contributed by atoms with Crippen LogP contribution in [0.2, 0.25) is 0 Å². The van der Waals surface area contributed by atoms with Gasteiger partial charge >= 0.3 is 0 Å². The quantitative estimate of drug-likeness (QED) is 0.191. The Morgan fingerprint density at radius 2 is 1.76 bits per heavy atom. The number of aromatic nitrogens is 4. The van der Waals surface area contributed by atoms with Gasteiger partial charge in [0.15, 0.2) is 5.78 Å². The Hall–Kier alpha value is -3.96. The molecule has 7 rings (SSSR count). The lowest BCUT2D eigenvalue weighted by molar-refractivity contribution is -0.138. The van der Waals surface area contributed by atoms with Crippen LogP contribution in [0.5, 0.6) is 0 Å². The van der Waals surface area contributed by atoms with Gasteiger partial charge in [-0.3, -0.25) is 14.4 Å². The molecular weight excluding hydrogens is 646 g/mol. The molecule has 3 aromatic heterocycles. The first kappa shape index (κ1) is 30.7. The summed E-state index contributed by atoms with van der Waals surface area (Å²) in [6, 6.07) is 9.03. The number of Topliss-reactive ketones (excluding diaryl/α,β-unsaturated/α-hetero) is 1. The maximum atomic E-state index is 14.3. The van der Waals surface area contributed by atoms with Crippen LogP contribution in [0.15, 0.2) is 53.5 Å². The van der Waals surface area contributed by atoms with Gasteiger partial charge in [0.25, 0.3) is 0 Å². The standard InChI is InChI=1S/C35H38BrN7O3/c1-21-7-10-31(36)39-33(21)40-34(46)29-14-35(20-41-11-5-4-6-12-41)15-30(35)43(29)32(45)19-42-18-27(22(2)44)26-13-24(8-9-28(26)42)25-16-37-23(3)38-17-25/h7-10,13,16-18,29-30H,4-6,11-12,14-15,19-20H2,1-3H3,(H,39,40,46)/t29-,30?,35?/m0/s1. The Kier molecular flexibility index (Phi) is 8.01. The lowest BCUT2D eigenvalue weighted by Crippen LogP contribution is -2.46. The third-order valence-electron chi connectivity index (χ3n) is 9.98. The molecule has 0 bridgehead atoms. The molecule has 46 heavy (non-hydrogen) atoms. The molecule has 10 nitrogen and oxygen atoms in total. The second-order valence-electron chi connectivity index (χ2n) is 13.2. The highest BCUT2D eigenvalue weighted by Gasteiger charge is 2.67. The van der Waals surface area contributed by atoms with Crippen LogP contribution in [-0.4, -0.2) is 78.6 Å². The van der Waals surface area contributed by atoms with Crippen molar-refractivity contribution in [2.24, 2.45) is 5.41 Å².